The van der Waals surface area contributed by atoms with Crippen LogP contribution in [-0.2, 0) is 13.1 Å². The maximum Gasteiger partial charge on any atom is 0.124 e. The molecule has 3 aliphatic rings. The average molecular weight is 426 g/mol. The second-order valence-electron chi connectivity index (χ2n) is 8.85. The van der Waals surface area contributed by atoms with Gasteiger partial charge in [-0.05, 0) is 87.0 Å². The van der Waals surface area contributed by atoms with Gasteiger partial charge in [-0.1, -0.05) is 6.08 Å². The highest BCUT2D eigenvalue weighted by Crippen LogP contribution is 2.35. The molecule has 1 saturated heterocycles. The van der Waals surface area contributed by atoms with Crippen LogP contribution in [0.4, 0.5) is 8.78 Å². The molecule has 0 unspecified atom stereocenters. The van der Waals surface area contributed by atoms with Crippen molar-refractivity contribution >= 4 is 11.6 Å². The lowest BCUT2D eigenvalue weighted by Gasteiger charge is -2.32. The molecule has 0 atom stereocenters. The monoisotopic (exact) mass is 425 g/mol. The number of benzene rings is 1. The maximum absolute atomic E-state index is 14.1. The van der Waals surface area contributed by atoms with Gasteiger partial charge in [0, 0.05) is 13.0 Å². The number of hydrogen-bond acceptors (Lipinski definition) is 3. The summed E-state index contributed by atoms with van der Waals surface area (Å²) >= 11 is 0. The lowest BCUT2D eigenvalue weighted by atomic mass is 9.94. The summed E-state index contributed by atoms with van der Waals surface area (Å²) in [6.07, 6.45) is 9.48. The Kier molecular flexibility index (Phi) is 5.90. The fourth-order valence-corrected chi connectivity index (χ4v) is 5.00. The second-order valence-corrected chi connectivity index (χ2v) is 8.85. The number of ether oxygens (including phenoxy) is 1. The van der Waals surface area contributed by atoms with Gasteiger partial charge >= 0.3 is 0 Å². The van der Waals surface area contributed by atoms with Crippen LogP contribution in [0.25, 0.3) is 11.6 Å². The molecule has 0 N–H and O–H groups in total. The number of imidazole rings is 1. The molecule has 0 amide bonds. The summed E-state index contributed by atoms with van der Waals surface area (Å²) in [4.78, 5) is 7.32. The zero-order chi connectivity index (χ0) is 21.2. The molecule has 6 heteroatoms. The van der Waals surface area contributed by atoms with Crippen LogP contribution < -0.4 is 4.74 Å². The molecular formula is C25H29F2N3O. The molecule has 1 fully saturated rings. The quantitative estimate of drug-likeness (QED) is 0.604. The largest absolute Gasteiger partial charge is 0.494 e. The fraction of sp³-hybridized carbons (Fsp3) is 0.480. The number of rotatable bonds is 6. The van der Waals surface area contributed by atoms with Crippen molar-refractivity contribution in [3.05, 3.63) is 59.2 Å². The Hall–Kier alpha value is -2.47. The first-order valence-corrected chi connectivity index (χ1v) is 11.4. The minimum atomic E-state index is -0.240. The van der Waals surface area contributed by atoms with Gasteiger partial charge in [-0.15, -0.1) is 0 Å². The summed E-state index contributed by atoms with van der Waals surface area (Å²) in [5.74, 6) is 2.11. The molecular weight excluding hydrogens is 396 g/mol. The van der Waals surface area contributed by atoms with E-state index in [4.69, 9.17) is 9.72 Å². The normalized spacial score (nSPS) is 19.4. The Morgan fingerprint density at radius 3 is 2.68 bits per heavy atom. The van der Waals surface area contributed by atoms with Gasteiger partial charge in [0.2, 0.25) is 0 Å². The molecule has 164 valence electrons. The van der Waals surface area contributed by atoms with Crippen molar-refractivity contribution in [1.29, 1.82) is 0 Å². The summed E-state index contributed by atoms with van der Waals surface area (Å²) in [6.45, 7) is 4.56. The van der Waals surface area contributed by atoms with Gasteiger partial charge < -0.3 is 9.30 Å². The number of likely N-dealkylation sites (tertiary alicyclic amines) is 1. The first-order valence-electron chi connectivity index (χ1n) is 11.4. The molecule has 2 aliphatic heterocycles. The van der Waals surface area contributed by atoms with Crippen molar-refractivity contribution in [2.75, 3.05) is 19.7 Å². The highest BCUT2D eigenvalue weighted by atomic mass is 19.1. The second kappa shape index (κ2) is 8.95. The highest BCUT2D eigenvalue weighted by molar-refractivity contribution is 5.74. The summed E-state index contributed by atoms with van der Waals surface area (Å²) in [5, 5.41) is 0. The van der Waals surface area contributed by atoms with E-state index in [1.807, 2.05) is 6.08 Å². The van der Waals surface area contributed by atoms with Crippen molar-refractivity contribution in [2.24, 2.45) is 5.92 Å². The number of hydrogen-bond donors (Lipinski definition) is 0. The van der Waals surface area contributed by atoms with Gasteiger partial charge in [0.05, 0.1) is 24.5 Å². The summed E-state index contributed by atoms with van der Waals surface area (Å²) in [5.41, 5.74) is 3.20. The zero-order valence-corrected chi connectivity index (χ0v) is 17.8. The Balaban J connectivity index is 1.15. The molecule has 0 saturated carbocycles. The van der Waals surface area contributed by atoms with Gasteiger partial charge in [0.15, 0.2) is 0 Å². The van der Waals surface area contributed by atoms with E-state index in [2.05, 4.69) is 9.47 Å². The standard InChI is InChI=1S/C25H29F2N3O/c26-20-5-7-22(8-6-20)31-15-11-18-9-13-29(14-10-18)17-24-28-23-16-21(27)4-3-19-2-1-12-30(24)25(19)23/h3,5-8,16,18H,1-2,4,9-15,17H2. The van der Waals surface area contributed by atoms with Crippen molar-refractivity contribution in [1.82, 2.24) is 14.5 Å². The lowest BCUT2D eigenvalue weighted by molar-refractivity contribution is 0.153. The van der Waals surface area contributed by atoms with Crippen LogP contribution >= 0.6 is 0 Å². The van der Waals surface area contributed by atoms with E-state index < -0.39 is 0 Å². The predicted octanol–water partition coefficient (Wildman–Crippen LogP) is 5.59. The fourth-order valence-electron chi connectivity index (χ4n) is 5.00. The summed E-state index contributed by atoms with van der Waals surface area (Å²) < 4.78 is 35.1. The van der Waals surface area contributed by atoms with Crippen LogP contribution in [0.15, 0.2) is 36.2 Å². The first kappa shape index (κ1) is 20.4. The van der Waals surface area contributed by atoms with Gasteiger partial charge in [-0.3, -0.25) is 4.90 Å². The number of allylic oxidation sites excluding steroid dienone is 3. The van der Waals surface area contributed by atoms with Crippen molar-refractivity contribution in [2.45, 2.75) is 51.6 Å². The van der Waals surface area contributed by atoms with Crippen LogP contribution in [-0.4, -0.2) is 34.1 Å². The predicted molar refractivity (Wildman–Crippen MR) is 118 cm³/mol. The smallest absolute Gasteiger partial charge is 0.124 e. The molecule has 2 aromatic rings. The Morgan fingerprint density at radius 1 is 1.06 bits per heavy atom. The molecule has 1 aromatic heterocycles. The molecule has 31 heavy (non-hydrogen) atoms. The molecule has 1 aliphatic carbocycles. The van der Waals surface area contributed by atoms with Crippen LogP contribution in [0.3, 0.4) is 0 Å². The van der Waals surface area contributed by atoms with E-state index >= 15 is 0 Å². The Bertz CT molecular complexity index is 985. The van der Waals surface area contributed by atoms with E-state index in [0.29, 0.717) is 18.9 Å². The average Bonchev–Trinajstić information content (AvgIpc) is 3.03. The summed E-state index contributed by atoms with van der Waals surface area (Å²) in [7, 11) is 0. The topological polar surface area (TPSA) is 30.3 Å². The van der Waals surface area contributed by atoms with Gasteiger partial charge in [-0.25, -0.2) is 13.8 Å². The third kappa shape index (κ3) is 4.59. The van der Waals surface area contributed by atoms with Gasteiger partial charge in [-0.2, -0.15) is 0 Å². The van der Waals surface area contributed by atoms with Gasteiger partial charge in [0.1, 0.15) is 23.2 Å². The lowest BCUT2D eigenvalue weighted by Crippen LogP contribution is -2.34. The number of piperidine rings is 1. The SMILES string of the molecule is FC1=Cc2nc(CN3CCC(CCOc4ccc(F)cc4)CC3)n3c2C(=CC1)CCC3. The Labute approximate surface area is 182 Å². The molecule has 4 nitrogen and oxygen atoms in total. The van der Waals surface area contributed by atoms with E-state index in [9.17, 15) is 8.78 Å². The Morgan fingerprint density at radius 2 is 1.87 bits per heavy atom. The number of halogens is 2. The number of nitrogens with zero attached hydrogens (tertiary/aromatic N) is 3. The van der Waals surface area contributed by atoms with Crippen LogP contribution in [0.2, 0.25) is 0 Å². The first-order chi connectivity index (χ1) is 15.2. The third-order valence-corrected chi connectivity index (χ3v) is 6.72. The minimum Gasteiger partial charge on any atom is -0.494 e. The molecule has 0 spiro atoms. The molecule has 0 bridgehead atoms. The van der Waals surface area contributed by atoms with Crippen molar-refractivity contribution < 1.29 is 13.5 Å². The molecule has 1 aromatic carbocycles. The van der Waals surface area contributed by atoms with E-state index in [0.717, 1.165) is 81.2 Å². The molecule has 5 rings (SSSR count). The van der Waals surface area contributed by atoms with E-state index in [-0.39, 0.29) is 11.6 Å². The highest BCUT2D eigenvalue weighted by Gasteiger charge is 2.27. The van der Waals surface area contributed by atoms with E-state index in [1.165, 1.54) is 17.7 Å². The van der Waals surface area contributed by atoms with Gasteiger partial charge in [0.25, 0.3) is 0 Å². The summed E-state index contributed by atoms with van der Waals surface area (Å²) in [6, 6.07) is 6.22. The third-order valence-electron chi connectivity index (χ3n) is 6.72. The van der Waals surface area contributed by atoms with Crippen molar-refractivity contribution in [3.8, 4) is 5.75 Å². The van der Waals surface area contributed by atoms with Crippen LogP contribution in [0.5, 0.6) is 5.75 Å². The molecule has 3 heterocycles. The molecule has 0 radical (unpaired) electrons. The maximum atomic E-state index is 14.1. The van der Waals surface area contributed by atoms with Crippen LogP contribution in [0, 0.1) is 11.7 Å². The number of aromatic nitrogens is 2. The zero-order valence-electron chi connectivity index (χ0n) is 17.8. The van der Waals surface area contributed by atoms with E-state index in [1.54, 1.807) is 18.2 Å². The van der Waals surface area contributed by atoms with Crippen LogP contribution in [0.1, 0.15) is 55.7 Å². The minimum absolute atomic E-state index is 0.0991. The van der Waals surface area contributed by atoms with Crippen molar-refractivity contribution in [3.63, 3.8) is 0 Å².